The molecule has 0 unspecified atom stereocenters. The quantitative estimate of drug-likeness (QED) is 0.934. The van der Waals surface area contributed by atoms with Crippen LogP contribution in [0.5, 0.6) is 0 Å². The minimum Gasteiger partial charge on any atom is -0.378 e. The maximum Gasteiger partial charge on any atom is 0.261 e. The fraction of sp³-hybridized carbons (Fsp3) is 0.438. The van der Waals surface area contributed by atoms with Gasteiger partial charge in [-0.05, 0) is 31.4 Å². The van der Waals surface area contributed by atoms with Crippen LogP contribution in [0.4, 0.5) is 10.9 Å². The highest BCUT2D eigenvalue weighted by atomic mass is 32.1. The first-order valence-corrected chi connectivity index (χ1v) is 8.70. The third-order valence-corrected chi connectivity index (χ3v) is 5.23. The summed E-state index contributed by atoms with van der Waals surface area (Å²) in [5.41, 5.74) is 1.73. The molecule has 1 fully saturated rings. The van der Waals surface area contributed by atoms with Gasteiger partial charge in [-0.3, -0.25) is 10.1 Å². The second-order valence-corrected chi connectivity index (χ2v) is 6.75. The summed E-state index contributed by atoms with van der Waals surface area (Å²) in [5.74, 6) is 0.574. The Balaban J connectivity index is 1.55. The van der Waals surface area contributed by atoms with Gasteiger partial charge in [0.25, 0.3) is 5.91 Å². The number of carbonyl (C=O) groups is 1. The number of hydrogen-bond donors (Lipinski definition) is 1. The Hall–Kier alpha value is -1.99. The molecule has 1 saturated heterocycles. The lowest BCUT2D eigenvalue weighted by Gasteiger charge is -2.29. The van der Waals surface area contributed by atoms with Crippen molar-refractivity contribution in [2.75, 3.05) is 36.5 Å². The zero-order valence-electron chi connectivity index (χ0n) is 12.7. The minimum absolute atomic E-state index is 0.146. The molecule has 2 aromatic rings. The van der Waals surface area contributed by atoms with Gasteiger partial charge in [-0.15, -0.1) is 11.3 Å². The van der Waals surface area contributed by atoms with Crippen LogP contribution in [0.1, 0.15) is 27.3 Å². The van der Waals surface area contributed by atoms with E-state index in [-0.39, 0.29) is 5.91 Å². The van der Waals surface area contributed by atoms with Gasteiger partial charge in [0.05, 0.1) is 24.5 Å². The van der Waals surface area contributed by atoms with E-state index in [1.54, 1.807) is 23.6 Å². The van der Waals surface area contributed by atoms with Gasteiger partial charge in [-0.25, -0.2) is 9.97 Å². The molecule has 2 aliphatic rings. The molecule has 0 aromatic carbocycles. The second-order valence-electron chi connectivity index (χ2n) is 5.67. The van der Waals surface area contributed by atoms with Gasteiger partial charge in [-0.1, -0.05) is 0 Å². The molecule has 120 valence electrons. The number of morpholine rings is 1. The summed E-state index contributed by atoms with van der Waals surface area (Å²) in [7, 11) is 0. The van der Waals surface area contributed by atoms with Gasteiger partial charge in [0.1, 0.15) is 5.82 Å². The van der Waals surface area contributed by atoms with Crippen molar-refractivity contribution < 1.29 is 9.53 Å². The van der Waals surface area contributed by atoms with Crippen LogP contribution < -0.4 is 10.2 Å². The molecular formula is C16H18N4O2S. The van der Waals surface area contributed by atoms with Gasteiger partial charge in [0.15, 0.2) is 5.13 Å². The van der Waals surface area contributed by atoms with Gasteiger partial charge in [0, 0.05) is 24.2 Å². The molecule has 2 aromatic heterocycles. The molecular weight excluding hydrogens is 312 g/mol. The standard InChI is InChI=1S/C16H18N4O2S/c21-15(19-16-18-12-4-1-5-13(12)23-16)11-3-2-6-17-14(11)20-7-9-22-10-8-20/h2-3,6H,1,4-5,7-10H2,(H,18,19,21). The van der Waals surface area contributed by atoms with Gasteiger partial charge in [0.2, 0.25) is 0 Å². The summed E-state index contributed by atoms with van der Waals surface area (Å²) >= 11 is 1.59. The number of rotatable bonds is 3. The number of nitrogens with one attached hydrogen (secondary N) is 1. The Morgan fingerprint density at radius 1 is 1.30 bits per heavy atom. The molecule has 1 aliphatic heterocycles. The molecule has 4 rings (SSSR count). The molecule has 0 atom stereocenters. The Kier molecular flexibility index (Phi) is 3.97. The lowest BCUT2D eigenvalue weighted by atomic mass is 10.2. The molecule has 6 nitrogen and oxygen atoms in total. The Morgan fingerprint density at radius 3 is 3.00 bits per heavy atom. The molecule has 3 heterocycles. The van der Waals surface area contributed by atoms with Crippen LogP contribution in [-0.4, -0.2) is 42.2 Å². The lowest BCUT2D eigenvalue weighted by Crippen LogP contribution is -2.38. The van der Waals surface area contributed by atoms with Crippen molar-refractivity contribution >= 4 is 28.2 Å². The monoisotopic (exact) mass is 330 g/mol. The van der Waals surface area contributed by atoms with Crippen LogP contribution in [0, 0.1) is 0 Å². The maximum atomic E-state index is 12.7. The number of pyridine rings is 1. The number of amides is 1. The molecule has 0 saturated carbocycles. The molecule has 1 amide bonds. The van der Waals surface area contributed by atoms with Gasteiger partial charge >= 0.3 is 0 Å². The van der Waals surface area contributed by atoms with Crippen molar-refractivity contribution in [3.8, 4) is 0 Å². The van der Waals surface area contributed by atoms with Crippen LogP contribution >= 0.6 is 11.3 Å². The number of fused-ring (bicyclic) bond motifs is 1. The highest BCUT2D eigenvalue weighted by Crippen LogP contribution is 2.31. The number of hydrogen-bond acceptors (Lipinski definition) is 6. The van der Waals surface area contributed by atoms with E-state index in [1.807, 2.05) is 6.07 Å². The van der Waals surface area contributed by atoms with Crippen LogP contribution in [0.2, 0.25) is 0 Å². The van der Waals surface area contributed by atoms with E-state index in [0.29, 0.717) is 23.9 Å². The smallest absolute Gasteiger partial charge is 0.261 e. The second kappa shape index (κ2) is 6.25. The Bertz CT molecular complexity index is 703. The first kappa shape index (κ1) is 14.6. The van der Waals surface area contributed by atoms with Crippen LogP contribution in [-0.2, 0) is 17.6 Å². The summed E-state index contributed by atoms with van der Waals surface area (Å²) in [6, 6.07) is 3.61. The maximum absolute atomic E-state index is 12.7. The molecule has 1 aliphatic carbocycles. The third kappa shape index (κ3) is 2.94. The Morgan fingerprint density at radius 2 is 2.17 bits per heavy atom. The fourth-order valence-corrected chi connectivity index (χ4v) is 4.05. The Labute approximate surface area is 138 Å². The van der Waals surface area contributed by atoms with E-state index in [4.69, 9.17) is 4.74 Å². The number of aryl methyl sites for hydroxylation is 2. The van der Waals surface area contributed by atoms with E-state index in [2.05, 4.69) is 20.2 Å². The first-order valence-electron chi connectivity index (χ1n) is 7.89. The van der Waals surface area contributed by atoms with E-state index < -0.39 is 0 Å². The number of aromatic nitrogens is 2. The number of anilines is 2. The lowest BCUT2D eigenvalue weighted by molar-refractivity contribution is 0.102. The van der Waals surface area contributed by atoms with Crippen molar-refractivity contribution in [3.05, 3.63) is 34.5 Å². The topological polar surface area (TPSA) is 67.4 Å². The largest absolute Gasteiger partial charge is 0.378 e. The fourth-order valence-electron chi connectivity index (χ4n) is 3.01. The van der Waals surface area contributed by atoms with Crippen molar-refractivity contribution in [2.45, 2.75) is 19.3 Å². The van der Waals surface area contributed by atoms with Crippen LogP contribution in [0.3, 0.4) is 0 Å². The van der Waals surface area contributed by atoms with Crippen molar-refractivity contribution in [3.63, 3.8) is 0 Å². The highest BCUT2D eigenvalue weighted by molar-refractivity contribution is 7.16. The number of carbonyl (C=O) groups excluding carboxylic acids is 1. The van der Waals surface area contributed by atoms with Crippen LogP contribution in [0.15, 0.2) is 18.3 Å². The van der Waals surface area contributed by atoms with Crippen LogP contribution in [0.25, 0.3) is 0 Å². The molecule has 0 spiro atoms. The number of thiazole rings is 1. The highest BCUT2D eigenvalue weighted by Gasteiger charge is 2.22. The molecule has 7 heteroatoms. The summed E-state index contributed by atoms with van der Waals surface area (Å²) in [6.07, 6.45) is 4.99. The van der Waals surface area contributed by atoms with E-state index in [9.17, 15) is 4.79 Å². The van der Waals surface area contributed by atoms with Crippen molar-refractivity contribution in [1.82, 2.24) is 9.97 Å². The summed E-state index contributed by atoms with van der Waals surface area (Å²) in [4.78, 5) is 25.0. The normalized spacial score (nSPS) is 17.1. The molecule has 23 heavy (non-hydrogen) atoms. The average molecular weight is 330 g/mol. The average Bonchev–Trinajstić information content (AvgIpc) is 3.17. The van der Waals surface area contributed by atoms with Gasteiger partial charge in [-0.2, -0.15) is 0 Å². The number of ether oxygens (including phenoxy) is 1. The van der Waals surface area contributed by atoms with Gasteiger partial charge < -0.3 is 9.64 Å². The zero-order valence-corrected chi connectivity index (χ0v) is 13.6. The predicted molar refractivity (Wildman–Crippen MR) is 89.4 cm³/mol. The zero-order chi connectivity index (χ0) is 15.6. The predicted octanol–water partition coefficient (Wildman–Crippen LogP) is 2.12. The van der Waals surface area contributed by atoms with Crippen molar-refractivity contribution in [2.24, 2.45) is 0 Å². The third-order valence-electron chi connectivity index (χ3n) is 4.16. The summed E-state index contributed by atoms with van der Waals surface area (Å²) in [6.45, 7) is 2.83. The molecule has 1 N–H and O–H groups in total. The van der Waals surface area contributed by atoms with Crippen molar-refractivity contribution in [1.29, 1.82) is 0 Å². The minimum atomic E-state index is -0.146. The SMILES string of the molecule is O=C(Nc1nc2c(s1)CCC2)c1cccnc1N1CCOCC1. The van der Waals surface area contributed by atoms with E-state index >= 15 is 0 Å². The van der Waals surface area contributed by atoms with E-state index in [0.717, 1.165) is 37.4 Å². The number of nitrogens with zero attached hydrogens (tertiary/aromatic N) is 3. The van der Waals surface area contributed by atoms with E-state index in [1.165, 1.54) is 11.3 Å². The summed E-state index contributed by atoms with van der Waals surface area (Å²) in [5, 5.41) is 3.63. The molecule has 0 radical (unpaired) electrons. The summed E-state index contributed by atoms with van der Waals surface area (Å²) < 4.78 is 5.37. The molecule has 0 bridgehead atoms. The first-order chi connectivity index (χ1) is 11.3.